The number of rotatable bonds is 3. The fraction of sp³-hybridized carbons (Fsp3) is 0.333. The van der Waals surface area contributed by atoms with Crippen LogP contribution in [0, 0.1) is 11.6 Å². The van der Waals surface area contributed by atoms with Gasteiger partial charge in [-0.2, -0.15) is 0 Å². The number of nitrogens with one attached hydrogen (secondary N) is 1. The number of halogens is 2. The number of hydrogen-bond acceptors (Lipinski definition) is 4. The van der Waals surface area contributed by atoms with Gasteiger partial charge in [-0.3, -0.25) is 0 Å². The number of urea groups is 1. The van der Waals surface area contributed by atoms with Crippen LogP contribution in [0.4, 0.5) is 25.1 Å². The van der Waals surface area contributed by atoms with E-state index in [2.05, 4.69) is 10.3 Å². The molecule has 8 heteroatoms. The number of amides is 2. The second-order valence-electron chi connectivity index (χ2n) is 5.95. The molecule has 0 radical (unpaired) electrons. The van der Waals surface area contributed by atoms with Crippen LogP contribution in [0.1, 0.15) is 6.42 Å². The van der Waals surface area contributed by atoms with E-state index in [0.29, 0.717) is 49.9 Å². The van der Waals surface area contributed by atoms with Gasteiger partial charge in [-0.05, 0) is 24.6 Å². The first kappa shape index (κ1) is 17.9. The van der Waals surface area contributed by atoms with Crippen molar-refractivity contribution in [2.45, 2.75) is 6.42 Å². The van der Waals surface area contributed by atoms with Gasteiger partial charge in [0, 0.05) is 50.2 Å². The van der Waals surface area contributed by atoms with Gasteiger partial charge in [-0.25, -0.2) is 18.6 Å². The van der Waals surface area contributed by atoms with Crippen molar-refractivity contribution in [1.82, 2.24) is 9.88 Å². The van der Waals surface area contributed by atoms with Crippen molar-refractivity contribution in [3.63, 3.8) is 0 Å². The smallest absolute Gasteiger partial charge is 0.321 e. The minimum Gasteiger partial charge on any atom is -0.497 e. The van der Waals surface area contributed by atoms with Gasteiger partial charge in [0.2, 0.25) is 0 Å². The van der Waals surface area contributed by atoms with E-state index < -0.39 is 5.82 Å². The van der Waals surface area contributed by atoms with Crippen LogP contribution in [0.25, 0.3) is 0 Å². The van der Waals surface area contributed by atoms with Crippen molar-refractivity contribution in [2.24, 2.45) is 0 Å². The summed E-state index contributed by atoms with van der Waals surface area (Å²) in [5.74, 6) is -0.248. The molecule has 1 N–H and O–H groups in total. The Morgan fingerprint density at radius 2 is 2.04 bits per heavy atom. The highest BCUT2D eigenvalue weighted by atomic mass is 19.1. The molecular formula is C18H20F2N4O2. The molecule has 138 valence electrons. The first-order valence-electron chi connectivity index (χ1n) is 8.33. The lowest BCUT2D eigenvalue weighted by Crippen LogP contribution is -2.38. The Bertz CT molecular complexity index is 788. The molecule has 3 rings (SSSR count). The minimum atomic E-state index is -0.493. The molecule has 0 bridgehead atoms. The number of ether oxygens (including phenoxy) is 1. The molecule has 1 aliphatic heterocycles. The molecule has 1 aromatic heterocycles. The molecule has 1 aromatic carbocycles. The van der Waals surface area contributed by atoms with Crippen LogP contribution in [-0.4, -0.2) is 49.2 Å². The summed E-state index contributed by atoms with van der Waals surface area (Å²) in [6.45, 7) is 2.00. The molecule has 6 nitrogen and oxygen atoms in total. The third-order valence-corrected chi connectivity index (χ3v) is 4.18. The quantitative estimate of drug-likeness (QED) is 0.912. The molecule has 0 aliphatic carbocycles. The number of pyridine rings is 1. The molecular weight excluding hydrogens is 342 g/mol. The summed E-state index contributed by atoms with van der Waals surface area (Å²) in [5, 5.41) is 2.68. The molecule has 2 amide bonds. The third-order valence-electron chi connectivity index (χ3n) is 4.18. The van der Waals surface area contributed by atoms with E-state index in [1.807, 2.05) is 4.90 Å². The fourth-order valence-electron chi connectivity index (χ4n) is 2.90. The highest BCUT2D eigenvalue weighted by molar-refractivity contribution is 5.89. The van der Waals surface area contributed by atoms with Crippen LogP contribution < -0.4 is 15.0 Å². The van der Waals surface area contributed by atoms with Gasteiger partial charge in [0.1, 0.15) is 11.6 Å². The Balaban J connectivity index is 1.64. The monoisotopic (exact) mass is 362 g/mol. The largest absolute Gasteiger partial charge is 0.497 e. The van der Waals surface area contributed by atoms with Crippen molar-refractivity contribution in [2.75, 3.05) is 43.5 Å². The third kappa shape index (κ3) is 4.19. The molecule has 26 heavy (non-hydrogen) atoms. The fourth-order valence-corrected chi connectivity index (χ4v) is 2.90. The highest BCUT2D eigenvalue weighted by Crippen LogP contribution is 2.21. The Morgan fingerprint density at radius 1 is 1.19 bits per heavy atom. The summed E-state index contributed by atoms with van der Waals surface area (Å²) in [4.78, 5) is 20.0. The predicted octanol–water partition coefficient (Wildman–Crippen LogP) is 3.11. The van der Waals surface area contributed by atoms with Crippen molar-refractivity contribution in [3.05, 3.63) is 48.2 Å². The second-order valence-corrected chi connectivity index (χ2v) is 5.95. The van der Waals surface area contributed by atoms with E-state index in [-0.39, 0.29) is 11.8 Å². The first-order valence-corrected chi connectivity index (χ1v) is 8.33. The van der Waals surface area contributed by atoms with Crippen LogP contribution in [0.15, 0.2) is 36.5 Å². The average molecular weight is 362 g/mol. The number of carbonyl (C=O) groups excluding carboxylic acids is 1. The molecule has 0 saturated carbocycles. The molecule has 1 saturated heterocycles. The molecule has 2 aromatic rings. The zero-order valence-corrected chi connectivity index (χ0v) is 14.4. The summed E-state index contributed by atoms with van der Waals surface area (Å²) >= 11 is 0. The van der Waals surface area contributed by atoms with Crippen molar-refractivity contribution >= 4 is 17.5 Å². The van der Waals surface area contributed by atoms with Gasteiger partial charge in [0.25, 0.3) is 0 Å². The minimum absolute atomic E-state index is 0.296. The van der Waals surface area contributed by atoms with Gasteiger partial charge in [0.15, 0.2) is 11.6 Å². The Labute approximate surface area is 150 Å². The van der Waals surface area contributed by atoms with E-state index >= 15 is 0 Å². The second kappa shape index (κ2) is 7.99. The SMILES string of the molecule is COc1cc(F)cc(NC(=O)N2CCCN(c3ncccc3F)CC2)c1. The molecule has 2 heterocycles. The number of anilines is 2. The topological polar surface area (TPSA) is 57.7 Å². The van der Waals surface area contributed by atoms with Crippen LogP contribution in [0.3, 0.4) is 0 Å². The van der Waals surface area contributed by atoms with Crippen LogP contribution in [0.2, 0.25) is 0 Å². The maximum Gasteiger partial charge on any atom is 0.321 e. The zero-order valence-electron chi connectivity index (χ0n) is 14.4. The summed E-state index contributed by atoms with van der Waals surface area (Å²) in [6, 6.07) is 6.60. The normalized spacial score (nSPS) is 14.7. The van der Waals surface area contributed by atoms with E-state index in [4.69, 9.17) is 4.74 Å². The van der Waals surface area contributed by atoms with Crippen molar-refractivity contribution < 1.29 is 18.3 Å². The van der Waals surface area contributed by atoms with E-state index in [1.165, 1.54) is 25.3 Å². The number of methoxy groups -OCH3 is 1. The Morgan fingerprint density at radius 3 is 2.81 bits per heavy atom. The summed E-state index contributed by atoms with van der Waals surface area (Å²) < 4.78 is 32.5. The number of nitrogens with zero attached hydrogens (tertiary/aromatic N) is 3. The number of carbonyl (C=O) groups is 1. The number of hydrogen-bond donors (Lipinski definition) is 1. The molecule has 1 fully saturated rings. The molecule has 0 atom stereocenters. The first-order chi connectivity index (χ1) is 12.6. The Hall–Kier alpha value is -2.90. The van der Waals surface area contributed by atoms with Gasteiger partial charge in [0.05, 0.1) is 7.11 Å². The molecule has 1 aliphatic rings. The lowest BCUT2D eigenvalue weighted by molar-refractivity contribution is 0.215. The van der Waals surface area contributed by atoms with Gasteiger partial charge < -0.3 is 19.9 Å². The lowest BCUT2D eigenvalue weighted by atomic mass is 10.3. The lowest BCUT2D eigenvalue weighted by Gasteiger charge is -2.23. The number of benzene rings is 1. The highest BCUT2D eigenvalue weighted by Gasteiger charge is 2.21. The van der Waals surface area contributed by atoms with E-state index in [9.17, 15) is 13.6 Å². The van der Waals surface area contributed by atoms with Crippen LogP contribution >= 0.6 is 0 Å². The summed E-state index contributed by atoms with van der Waals surface area (Å²) in [5.41, 5.74) is 0.323. The van der Waals surface area contributed by atoms with Crippen LogP contribution in [0.5, 0.6) is 5.75 Å². The average Bonchev–Trinajstić information content (AvgIpc) is 2.87. The Kier molecular flexibility index (Phi) is 5.50. The van der Waals surface area contributed by atoms with E-state index in [0.717, 1.165) is 0 Å². The summed E-state index contributed by atoms with van der Waals surface area (Å²) in [7, 11) is 1.43. The number of aromatic nitrogens is 1. The van der Waals surface area contributed by atoms with Crippen LogP contribution in [-0.2, 0) is 0 Å². The van der Waals surface area contributed by atoms with E-state index in [1.54, 1.807) is 23.2 Å². The predicted molar refractivity (Wildman–Crippen MR) is 94.6 cm³/mol. The van der Waals surface area contributed by atoms with Crippen molar-refractivity contribution in [1.29, 1.82) is 0 Å². The summed E-state index contributed by atoms with van der Waals surface area (Å²) in [6.07, 6.45) is 2.22. The zero-order chi connectivity index (χ0) is 18.5. The molecule has 0 unspecified atom stereocenters. The maximum atomic E-state index is 13.9. The maximum absolute atomic E-state index is 13.9. The standard InChI is InChI=1S/C18H20F2N4O2/c1-26-15-11-13(19)10-14(12-15)22-18(25)24-7-3-6-23(8-9-24)17-16(20)4-2-5-21-17/h2,4-5,10-12H,3,6-9H2,1H3,(H,22,25). The van der Waals surface area contributed by atoms with Gasteiger partial charge in [-0.1, -0.05) is 0 Å². The molecule has 0 spiro atoms. The van der Waals surface area contributed by atoms with Crippen molar-refractivity contribution in [3.8, 4) is 5.75 Å². The van der Waals surface area contributed by atoms with Gasteiger partial charge in [-0.15, -0.1) is 0 Å². The van der Waals surface area contributed by atoms with Gasteiger partial charge >= 0.3 is 6.03 Å².